The monoisotopic (exact) mass is 290 g/mol. The summed E-state index contributed by atoms with van der Waals surface area (Å²) in [5.74, 6) is -0.321. The number of rotatable bonds is 2. The van der Waals surface area contributed by atoms with Crippen molar-refractivity contribution >= 4 is 5.82 Å². The van der Waals surface area contributed by atoms with Crippen LogP contribution in [0, 0.1) is 17.1 Å². The van der Waals surface area contributed by atoms with Crippen LogP contribution < -0.4 is 5.73 Å². The maximum Gasteiger partial charge on any atom is 0.142 e. The standard InChI is InChI=1S/C17H11FN4/c18-15-6-2-1-5-12(15)16-8-13(11-4-3-7-21-10-11)14(9-19)17(20)22-16/h1-8,10H,(H2,20,22). The molecule has 0 atom stereocenters. The number of nitriles is 1. The highest BCUT2D eigenvalue weighted by Crippen LogP contribution is 2.31. The van der Waals surface area contributed by atoms with E-state index in [-0.39, 0.29) is 11.4 Å². The molecule has 0 spiro atoms. The lowest BCUT2D eigenvalue weighted by atomic mass is 9.99. The SMILES string of the molecule is N#Cc1c(-c2cccnc2)cc(-c2ccccc2F)nc1N. The molecule has 2 N–H and O–H groups in total. The Hall–Kier alpha value is -3.26. The van der Waals surface area contributed by atoms with Gasteiger partial charge in [0.1, 0.15) is 23.3 Å². The fraction of sp³-hybridized carbons (Fsp3) is 0. The summed E-state index contributed by atoms with van der Waals surface area (Å²) >= 11 is 0. The number of nitrogens with zero attached hydrogens (tertiary/aromatic N) is 3. The number of aromatic nitrogens is 2. The zero-order chi connectivity index (χ0) is 15.5. The molecule has 0 aliphatic carbocycles. The van der Waals surface area contributed by atoms with Gasteiger partial charge in [0.15, 0.2) is 0 Å². The summed E-state index contributed by atoms with van der Waals surface area (Å²) in [6, 6.07) is 13.6. The Labute approximate surface area is 126 Å². The molecule has 2 heterocycles. The van der Waals surface area contributed by atoms with Gasteiger partial charge in [-0.1, -0.05) is 18.2 Å². The van der Waals surface area contributed by atoms with Crippen molar-refractivity contribution in [3.63, 3.8) is 0 Å². The third-order valence-corrected chi connectivity index (χ3v) is 3.28. The fourth-order valence-corrected chi connectivity index (χ4v) is 2.24. The molecule has 1 aromatic carbocycles. The summed E-state index contributed by atoms with van der Waals surface area (Å²) in [5, 5.41) is 9.31. The van der Waals surface area contributed by atoms with Crippen LogP contribution in [0.2, 0.25) is 0 Å². The molecule has 0 unspecified atom stereocenters. The lowest BCUT2D eigenvalue weighted by Crippen LogP contribution is -2.00. The lowest BCUT2D eigenvalue weighted by Gasteiger charge is -2.10. The van der Waals surface area contributed by atoms with Gasteiger partial charge in [0.2, 0.25) is 0 Å². The molecule has 0 aliphatic rings. The van der Waals surface area contributed by atoms with Crippen molar-refractivity contribution in [2.45, 2.75) is 0 Å². The first kappa shape index (κ1) is 13.7. The van der Waals surface area contributed by atoms with E-state index < -0.39 is 5.82 Å². The molecular formula is C17H11FN4. The molecule has 4 nitrogen and oxygen atoms in total. The molecule has 2 aromatic heterocycles. The van der Waals surface area contributed by atoms with Crippen molar-refractivity contribution in [3.8, 4) is 28.5 Å². The Morgan fingerprint density at radius 2 is 1.91 bits per heavy atom. The van der Waals surface area contributed by atoms with E-state index in [1.54, 1.807) is 42.7 Å². The summed E-state index contributed by atoms with van der Waals surface area (Å²) < 4.78 is 14.0. The molecule has 3 aromatic rings. The smallest absolute Gasteiger partial charge is 0.142 e. The Bertz CT molecular complexity index is 870. The fourth-order valence-electron chi connectivity index (χ4n) is 2.24. The van der Waals surface area contributed by atoms with Gasteiger partial charge in [-0.15, -0.1) is 0 Å². The van der Waals surface area contributed by atoms with E-state index in [2.05, 4.69) is 9.97 Å². The van der Waals surface area contributed by atoms with E-state index in [0.29, 0.717) is 16.8 Å². The van der Waals surface area contributed by atoms with Crippen molar-refractivity contribution < 1.29 is 4.39 Å². The number of halogens is 1. The van der Waals surface area contributed by atoms with Crippen molar-refractivity contribution in [2.24, 2.45) is 0 Å². The van der Waals surface area contributed by atoms with Crippen molar-refractivity contribution in [3.05, 3.63) is 66.2 Å². The van der Waals surface area contributed by atoms with Gasteiger partial charge < -0.3 is 5.73 Å². The molecule has 0 fully saturated rings. The molecule has 0 amide bonds. The number of hydrogen-bond donors (Lipinski definition) is 1. The van der Waals surface area contributed by atoms with Gasteiger partial charge in [-0.05, 0) is 24.3 Å². The Kier molecular flexibility index (Phi) is 3.50. The minimum Gasteiger partial charge on any atom is -0.383 e. The second kappa shape index (κ2) is 5.62. The van der Waals surface area contributed by atoms with Crippen LogP contribution in [0.1, 0.15) is 5.56 Å². The van der Waals surface area contributed by atoms with Gasteiger partial charge in [0, 0.05) is 29.1 Å². The molecule has 0 saturated heterocycles. The van der Waals surface area contributed by atoms with Crippen LogP contribution in [0.15, 0.2) is 54.9 Å². The number of pyridine rings is 2. The van der Waals surface area contributed by atoms with Crippen molar-refractivity contribution in [1.82, 2.24) is 9.97 Å². The van der Waals surface area contributed by atoms with E-state index in [9.17, 15) is 9.65 Å². The largest absolute Gasteiger partial charge is 0.383 e. The van der Waals surface area contributed by atoms with Crippen molar-refractivity contribution in [2.75, 3.05) is 5.73 Å². The Morgan fingerprint density at radius 1 is 1.09 bits per heavy atom. The summed E-state index contributed by atoms with van der Waals surface area (Å²) in [5.41, 5.74) is 8.17. The second-order valence-corrected chi connectivity index (χ2v) is 4.65. The van der Waals surface area contributed by atoms with Crippen molar-refractivity contribution in [1.29, 1.82) is 5.26 Å². The highest BCUT2D eigenvalue weighted by Gasteiger charge is 2.15. The van der Waals surface area contributed by atoms with Gasteiger partial charge in [0.05, 0.1) is 5.69 Å². The van der Waals surface area contributed by atoms with Gasteiger partial charge in [-0.2, -0.15) is 5.26 Å². The zero-order valence-electron chi connectivity index (χ0n) is 11.5. The Morgan fingerprint density at radius 3 is 2.59 bits per heavy atom. The van der Waals surface area contributed by atoms with Gasteiger partial charge in [-0.25, -0.2) is 9.37 Å². The molecule has 106 valence electrons. The van der Waals surface area contributed by atoms with Gasteiger partial charge in [0.25, 0.3) is 0 Å². The van der Waals surface area contributed by atoms with Crippen LogP contribution in [-0.2, 0) is 0 Å². The van der Waals surface area contributed by atoms with Gasteiger partial charge in [-0.3, -0.25) is 4.98 Å². The van der Waals surface area contributed by atoms with Crippen LogP contribution in [-0.4, -0.2) is 9.97 Å². The zero-order valence-corrected chi connectivity index (χ0v) is 11.5. The number of nitrogens with two attached hydrogens (primary N) is 1. The first-order chi connectivity index (χ1) is 10.7. The maximum absolute atomic E-state index is 14.0. The molecular weight excluding hydrogens is 279 g/mol. The van der Waals surface area contributed by atoms with Crippen LogP contribution >= 0.6 is 0 Å². The molecule has 0 saturated carbocycles. The van der Waals surface area contributed by atoms with Crippen LogP contribution in [0.25, 0.3) is 22.4 Å². The molecule has 5 heteroatoms. The molecule has 0 radical (unpaired) electrons. The maximum atomic E-state index is 14.0. The lowest BCUT2D eigenvalue weighted by molar-refractivity contribution is 0.631. The average Bonchev–Trinajstić information content (AvgIpc) is 2.55. The predicted octanol–water partition coefficient (Wildman–Crippen LogP) is 3.40. The molecule has 3 rings (SSSR count). The van der Waals surface area contributed by atoms with E-state index in [4.69, 9.17) is 5.73 Å². The summed E-state index contributed by atoms with van der Waals surface area (Å²) in [4.78, 5) is 8.20. The van der Waals surface area contributed by atoms with Crippen LogP contribution in [0.4, 0.5) is 10.2 Å². The average molecular weight is 290 g/mol. The highest BCUT2D eigenvalue weighted by atomic mass is 19.1. The van der Waals surface area contributed by atoms with Gasteiger partial charge >= 0.3 is 0 Å². The van der Waals surface area contributed by atoms with E-state index in [1.807, 2.05) is 12.1 Å². The highest BCUT2D eigenvalue weighted by molar-refractivity contribution is 5.79. The van der Waals surface area contributed by atoms with Crippen LogP contribution in [0.5, 0.6) is 0 Å². The quantitative estimate of drug-likeness (QED) is 0.784. The first-order valence-corrected chi connectivity index (χ1v) is 6.56. The third-order valence-electron chi connectivity index (χ3n) is 3.28. The normalized spacial score (nSPS) is 10.2. The third kappa shape index (κ3) is 2.38. The molecule has 22 heavy (non-hydrogen) atoms. The summed E-state index contributed by atoms with van der Waals surface area (Å²) in [6.07, 6.45) is 3.26. The Balaban J connectivity index is 2.27. The second-order valence-electron chi connectivity index (χ2n) is 4.65. The summed E-state index contributed by atoms with van der Waals surface area (Å²) in [6.45, 7) is 0. The minimum atomic E-state index is -0.392. The number of anilines is 1. The van der Waals surface area contributed by atoms with Crippen LogP contribution in [0.3, 0.4) is 0 Å². The number of hydrogen-bond acceptors (Lipinski definition) is 4. The first-order valence-electron chi connectivity index (χ1n) is 6.56. The topological polar surface area (TPSA) is 75.6 Å². The van der Waals surface area contributed by atoms with E-state index in [0.717, 1.165) is 5.56 Å². The van der Waals surface area contributed by atoms with E-state index >= 15 is 0 Å². The molecule has 0 aliphatic heterocycles. The minimum absolute atomic E-state index is 0.0714. The predicted molar refractivity (Wildman–Crippen MR) is 82.0 cm³/mol. The number of nitrogen functional groups attached to an aromatic ring is 1. The number of benzene rings is 1. The molecule has 0 bridgehead atoms. The van der Waals surface area contributed by atoms with E-state index in [1.165, 1.54) is 6.07 Å². The summed E-state index contributed by atoms with van der Waals surface area (Å²) in [7, 11) is 0.